The summed E-state index contributed by atoms with van der Waals surface area (Å²) in [5, 5.41) is 7.62. The Bertz CT molecular complexity index is 2520. The van der Waals surface area contributed by atoms with E-state index in [2.05, 4.69) is 181 Å². The van der Waals surface area contributed by atoms with Gasteiger partial charge < -0.3 is 4.90 Å². The average molecular weight is 604 g/mol. The molecule has 1 nitrogen and oxygen atoms in total. The van der Waals surface area contributed by atoms with E-state index in [0.717, 1.165) is 11.4 Å². The molecule has 1 heterocycles. The van der Waals surface area contributed by atoms with Crippen LogP contribution in [-0.2, 0) is 0 Å². The number of rotatable bonds is 5. The summed E-state index contributed by atoms with van der Waals surface area (Å²) < 4.78 is 2.62. The number of thiophene rings is 1. The van der Waals surface area contributed by atoms with Crippen LogP contribution in [0.5, 0.6) is 0 Å². The molecule has 1 aromatic heterocycles. The fourth-order valence-electron chi connectivity index (χ4n) is 6.91. The van der Waals surface area contributed by atoms with Gasteiger partial charge in [-0.05, 0) is 74.8 Å². The molecule has 0 aliphatic heterocycles. The molecule has 0 saturated carbocycles. The predicted molar refractivity (Wildman–Crippen MR) is 200 cm³/mol. The summed E-state index contributed by atoms with van der Waals surface area (Å²) in [4.78, 5) is 2.41. The van der Waals surface area contributed by atoms with Crippen LogP contribution in [0.15, 0.2) is 176 Å². The Morgan fingerprint density at radius 3 is 1.76 bits per heavy atom. The van der Waals surface area contributed by atoms with Crippen molar-refractivity contribution in [1.82, 2.24) is 0 Å². The highest BCUT2D eigenvalue weighted by Crippen LogP contribution is 2.43. The molecule has 2 heteroatoms. The molecule has 0 atom stereocenters. The highest BCUT2D eigenvalue weighted by atomic mass is 32.1. The minimum atomic E-state index is 1.13. The molecule has 0 saturated heterocycles. The molecule has 0 spiro atoms. The van der Waals surface area contributed by atoms with Crippen LogP contribution >= 0.6 is 11.3 Å². The van der Waals surface area contributed by atoms with Crippen molar-refractivity contribution < 1.29 is 0 Å². The first-order valence-corrected chi connectivity index (χ1v) is 16.5. The quantitative estimate of drug-likeness (QED) is 0.189. The van der Waals surface area contributed by atoms with Gasteiger partial charge in [0.15, 0.2) is 0 Å². The van der Waals surface area contributed by atoms with E-state index in [9.17, 15) is 0 Å². The van der Waals surface area contributed by atoms with E-state index in [1.165, 1.54) is 69.7 Å². The Labute approximate surface area is 272 Å². The minimum absolute atomic E-state index is 1.13. The number of hydrogen-bond donors (Lipinski definition) is 0. The van der Waals surface area contributed by atoms with Crippen LogP contribution < -0.4 is 4.90 Å². The SMILES string of the molecule is c1ccc(-c2cccc3cccc(-c4ccc(N(c5ccc6c(c5)sc5ccccc56)c5cccc6ccccc56)cc4)c23)cc1. The van der Waals surface area contributed by atoms with Gasteiger partial charge in [0.05, 0.1) is 5.69 Å². The van der Waals surface area contributed by atoms with Crippen molar-refractivity contribution in [3.05, 3.63) is 176 Å². The fraction of sp³-hybridized carbons (Fsp3) is 0. The van der Waals surface area contributed by atoms with Crippen molar-refractivity contribution in [1.29, 1.82) is 0 Å². The van der Waals surface area contributed by atoms with Gasteiger partial charge in [-0.15, -0.1) is 11.3 Å². The van der Waals surface area contributed by atoms with Crippen molar-refractivity contribution in [3.63, 3.8) is 0 Å². The Balaban J connectivity index is 1.22. The smallest absolute Gasteiger partial charge is 0.0540 e. The molecule has 9 aromatic rings. The molecule has 0 bridgehead atoms. The first kappa shape index (κ1) is 26.7. The van der Waals surface area contributed by atoms with Crippen LogP contribution in [0, 0.1) is 0 Å². The molecule has 0 radical (unpaired) electrons. The highest BCUT2D eigenvalue weighted by molar-refractivity contribution is 7.25. The van der Waals surface area contributed by atoms with Crippen molar-refractivity contribution in [2.24, 2.45) is 0 Å². The minimum Gasteiger partial charge on any atom is -0.310 e. The number of benzene rings is 8. The van der Waals surface area contributed by atoms with E-state index in [0.29, 0.717) is 0 Å². The maximum atomic E-state index is 2.41. The predicted octanol–water partition coefficient (Wildman–Crippen LogP) is 13.2. The summed E-state index contributed by atoms with van der Waals surface area (Å²) in [6, 6.07) is 63.9. The van der Waals surface area contributed by atoms with E-state index in [1.54, 1.807) is 0 Å². The maximum absolute atomic E-state index is 2.41. The van der Waals surface area contributed by atoms with Gasteiger partial charge in [-0.3, -0.25) is 0 Å². The zero-order valence-corrected chi connectivity index (χ0v) is 25.9. The van der Waals surface area contributed by atoms with E-state index >= 15 is 0 Å². The van der Waals surface area contributed by atoms with Crippen LogP contribution in [0.4, 0.5) is 17.1 Å². The summed E-state index contributed by atoms with van der Waals surface area (Å²) in [5.41, 5.74) is 8.39. The third kappa shape index (κ3) is 4.46. The number of hydrogen-bond acceptors (Lipinski definition) is 2. The molecule has 0 aliphatic carbocycles. The second kappa shape index (κ2) is 11.0. The van der Waals surface area contributed by atoms with Gasteiger partial charge in [0.25, 0.3) is 0 Å². The van der Waals surface area contributed by atoms with Crippen LogP contribution in [0.2, 0.25) is 0 Å². The first-order chi connectivity index (χ1) is 22.8. The topological polar surface area (TPSA) is 3.24 Å². The van der Waals surface area contributed by atoms with E-state index in [1.807, 2.05) is 11.3 Å². The first-order valence-electron chi connectivity index (χ1n) is 15.7. The zero-order chi connectivity index (χ0) is 30.5. The van der Waals surface area contributed by atoms with E-state index in [-0.39, 0.29) is 0 Å². The zero-order valence-electron chi connectivity index (χ0n) is 25.1. The van der Waals surface area contributed by atoms with Crippen molar-refractivity contribution in [2.45, 2.75) is 0 Å². The maximum Gasteiger partial charge on any atom is 0.0540 e. The molecule has 0 unspecified atom stereocenters. The summed E-state index contributed by atoms with van der Waals surface area (Å²) in [6.07, 6.45) is 0. The molecular formula is C44H29NS. The highest BCUT2D eigenvalue weighted by Gasteiger charge is 2.18. The Morgan fingerprint density at radius 1 is 0.370 bits per heavy atom. The van der Waals surface area contributed by atoms with Gasteiger partial charge in [0, 0.05) is 36.9 Å². The molecule has 0 N–H and O–H groups in total. The molecule has 46 heavy (non-hydrogen) atoms. The average Bonchev–Trinajstić information content (AvgIpc) is 3.50. The molecule has 0 amide bonds. The van der Waals surface area contributed by atoms with Crippen molar-refractivity contribution >= 4 is 70.1 Å². The lowest BCUT2D eigenvalue weighted by molar-refractivity contribution is 1.30. The van der Waals surface area contributed by atoms with Gasteiger partial charge in [-0.2, -0.15) is 0 Å². The third-order valence-electron chi connectivity index (χ3n) is 9.05. The summed E-state index contributed by atoms with van der Waals surface area (Å²) in [7, 11) is 0. The summed E-state index contributed by atoms with van der Waals surface area (Å²) >= 11 is 1.86. The van der Waals surface area contributed by atoms with Crippen LogP contribution in [-0.4, -0.2) is 0 Å². The van der Waals surface area contributed by atoms with Crippen LogP contribution in [0.3, 0.4) is 0 Å². The summed E-state index contributed by atoms with van der Waals surface area (Å²) in [5.74, 6) is 0. The lowest BCUT2D eigenvalue weighted by Gasteiger charge is -2.27. The molecule has 9 rings (SSSR count). The number of fused-ring (bicyclic) bond motifs is 5. The molecule has 216 valence electrons. The van der Waals surface area contributed by atoms with Gasteiger partial charge in [-0.25, -0.2) is 0 Å². The van der Waals surface area contributed by atoms with E-state index in [4.69, 9.17) is 0 Å². The third-order valence-corrected chi connectivity index (χ3v) is 10.2. The van der Waals surface area contributed by atoms with Crippen molar-refractivity contribution in [3.8, 4) is 22.3 Å². The lowest BCUT2D eigenvalue weighted by Crippen LogP contribution is -2.10. The number of nitrogens with zero attached hydrogens (tertiary/aromatic N) is 1. The van der Waals surface area contributed by atoms with Crippen LogP contribution in [0.25, 0.3) is 64.0 Å². The molecule has 0 aliphatic rings. The van der Waals surface area contributed by atoms with Gasteiger partial charge in [0.2, 0.25) is 0 Å². The van der Waals surface area contributed by atoms with Gasteiger partial charge in [-0.1, -0.05) is 140 Å². The molecular weight excluding hydrogens is 575 g/mol. The van der Waals surface area contributed by atoms with Crippen LogP contribution in [0.1, 0.15) is 0 Å². The van der Waals surface area contributed by atoms with Gasteiger partial charge >= 0.3 is 0 Å². The van der Waals surface area contributed by atoms with Crippen molar-refractivity contribution in [2.75, 3.05) is 4.90 Å². The Kier molecular flexibility index (Phi) is 6.40. The van der Waals surface area contributed by atoms with Gasteiger partial charge in [0.1, 0.15) is 0 Å². The Hall–Kier alpha value is -5.70. The number of anilines is 3. The fourth-order valence-corrected chi connectivity index (χ4v) is 8.05. The monoisotopic (exact) mass is 603 g/mol. The standard InChI is InChI=1S/C44H29NS/c1-2-11-31(12-3-1)37-19-8-15-33-16-9-20-38(44(33)37)32-23-25-34(26-24-32)45(41-21-10-14-30-13-4-5-17-36(30)41)35-27-28-40-39-18-6-7-22-42(39)46-43(40)29-35/h1-29H. The normalized spacial score (nSPS) is 11.5. The van der Waals surface area contributed by atoms with E-state index < -0.39 is 0 Å². The molecule has 8 aromatic carbocycles. The second-order valence-corrected chi connectivity index (χ2v) is 12.8. The lowest BCUT2D eigenvalue weighted by atomic mass is 9.91. The second-order valence-electron chi connectivity index (χ2n) is 11.7. The Morgan fingerprint density at radius 2 is 0.957 bits per heavy atom. The molecule has 0 fully saturated rings. The summed E-state index contributed by atoms with van der Waals surface area (Å²) in [6.45, 7) is 0. The largest absolute Gasteiger partial charge is 0.310 e.